The lowest BCUT2D eigenvalue weighted by Crippen LogP contribution is -2.40. The van der Waals surface area contributed by atoms with Crippen LogP contribution >= 0.6 is 0 Å². The summed E-state index contributed by atoms with van der Waals surface area (Å²) in [5.74, 6) is 1.83. The second-order valence-electron chi connectivity index (χ2n) is 6.34. The van der Waals surface area contributed by atoms with Gasteiger partial charge in [-0.15, -0.1) is 0 Å². The van der Waals surface area contributed by atoms with Crippen molar-refractivity contribution in [3.05, 3.63) is 29.8 Å². The van der Waals surface area contributed by atoms with Crippen LogP contribution in [0.15, 0.2) is 24.3 Å². The molecule has 0 aliphatic heterocycles. The normalized spacial score (nSPS) is 24.0. The van der Waals surface area contributed by atoms with Crippen LogP contribution in [0.25, 0.3) is 0 Å². The molecular formula is C18H30N2O. The van der Waals surface area contributed by atoms with Gasteiger partial charge in [0.1, 0.15) is 5.75 Å². The van der Waals surface area contributed by atoms with Crippen molar-refractivity contribution < 1.29 is 4.74 Å². The molecule has 118 valence electrons. The molecule has 0 amide bonds. The molecule has 3 nitrogen and oxygen atoms in total. The van der Waals surface area contributed by atoms with E-state index in [1.807, 2.05) is 13.0 Å². The Balaban J connectivity index is 2.09. The van der Waals surface area contributed by atoms with Crippen LogP contribution in [-0.4, -0.2) is 31.1 Å². The molecule has 1 atom stereocenters. The number of ether oxygens (including phenoxy) is 1. The van der Waals surface area contributed by atoms with Crippen LogP contribution < -0.4 is 10.5 Å². The molecule has 1 unspecified atom stereocenters. The number of nitrogens with two attached hydrogens (primary N) is 1. The lowest BCUT2D eigenvalue weighted by molar-refractivity contribution is 0.126. The molecule has 0 bridgehead atoms. The van der Waals surface area contributed by atoms with Crippen molar-refractivity contribution in [2.24, 2.45) is 11.7 Å². The Bertz CT molecular complexity index is 427. The maximum atomic E-state index is 6.08. The molecule has 1 aliphatic carbocycles. The average molecular weight is 290 g/mol. The fourth-order valence-corrected chi connectivity index (χ4v) is 3.42. The molecule has 2 rings (SSSR count). The number of benzene rings is 1. The minimum absolute atomic E-state index is 0.281. The predicted molar refractivity (Wildman–Crippen MR) is 88.6 cm³/mol. The fraction of sp³-hybridized carbons (Fsp3) is 0.667. The molecule has 1 fully saturated rings. The number of rotatable bonds is 6. The molecule has 1 aromatic carbocycles. The van der Waals surface area contributed by atoms with Crippen LogP contribution in [0.5, 0.6) is 5.75 Å². The minimum Gasteiger partial charge on any atom is -0.494 e. The van der Waals surface area contributed by atoms with Crippen LogP contribution in [0.2, 0.25) is 0 Å². The number of hydrogen-bond acceptors (Lipinski definition) is 3. The zero-order valence-corrected chi connectivity index (χ0v) is 13.7. The summed E-state index contributed by atoms with van der Waals surface area (Å²) in [7, 11) is 2.23. The molecule has 1 aliphatic rings. The van der Waals surface area contributed by atoms with Gasteiger partial charge in [0, 0.05) is 18.6 Å². The average Bonchev–Trinajstić information content (AvgIpc) is 2.49. The lowest BCUT2D eigenvalue weighted by Gasteiger charge is -2.38. The highest BCUT2D eigenvalue weighted by Gasteiger charge is 2.26. The van der Waals surface area contributed by atoms with Crippen LogP contribution in [0.1, 0.15) is 51.1 Å². The van der Waals surface area contributed by atoms with Gasteiger partial charge in [-0.3, -0.25) is 4.90 Å². The van der Waals surface area contributed by atoms with Crippen molar-refractivity contribution in [3.8, 4) is 5.75 Å². The van der Waals surface area contributed by atoms with Crippen molar-refractivity contribution in [2.75, 3.05) is 20.2 Å². The third-order valence-corrected chi connectivity index (χ3v) is 4.83. The third-order valence-electron chi connectivity index (χ3n) is 4.83. The van der Waals surface area contributed by atoms with E-state index in [1.165, 1.54) is 31.2 Å². The summed E-state index contributed by atoms with van der Waals surface area (Å²) in [6, 6.07) is 9.34. The Labute approximate surface area is 129 Å². The van der Waals surface area contributed by atoms with Gasteiger partial charge in [-0.1, -0.05) is 19.1 Å². The standard InChI is InChI=1S/C18H30N2O/c1-4-21-17-7-5-6-15(12-17)18(13-19)20(3)16-10-8-14(2)9-11-16/h5-7,12,14,16,18H,4,8-11,13,19H2,1-3H3. The van der Waals surface area contributed by atoms with Crippen LogP contribution in [-0.2, 0) is 0 Å². The van der Waals surface area contributed by atoms with Gasteiger partial charge in [0.25, 0.3) is 0 Å². The highest BCUT2D eigenvalue weighted by molar-refractivity contribution is 5.31. The first-order valence-electron chi connectivity index (χ1n) is 8.30. The van der Waals surface area contributed by atoms with E-state index in [1.54, 1.807) is 0 Å². The van der Waals surface area contributed by atoms with Crippen LogP contribution in [0.4, 0.5) is 0 Å². The zero-order valence-electron chi connectivity index (χ0n) is 13.7. The second-order valence-corrected chi connectivity index (χ2v) is 6.34. The molecule has 1 aromatic rings. The van der Waals surface area contributed by atoms with Crippen molar-refractivity contribution in [3.63, 3.8) is 0 Å². The molecule has 0 radical (unpaired) electrons. The number of nitrogens with zero attached hydrogens (tertiary/aromatic N) is 1. The van der Waals surface area contributed by atoms with E-state index in [2.05, 4.69) is 37.1 Å². The number of likely N-dealkylation sites (N-methyl/N-ethyl adjacent to an activating group) is 1. The molecule has 21 heavy (non-hydrogen) atoms. The van der Waals surface area contributed by atoms with Gasteiger partial charge in [-0.2, -0.15) is 0 Å². The van der Waals surface area contributed by atoms with Gasteiger partial charge < -0.3 is 10.5 Å². The topological polar surface area (TPSA) is 38.5 Å². The molecule has 3 heteroatoms. The van der Waals surface area contributed by atoms with Gasteiger partial charge in [-0.05, 0) is 63.3 Å². The summed E-state index contributed by atoms with van der Waals surface area (Å²) in [6.07, 6.45) is 5.26. The van der Waals surface area contributed by atoms with E-state index in [9.17, 15) is 0 Å². The smallest absolute Gasteiger partial charge is 0.119 e. The maximum Gasteiger partial charge on any atom is 0.119 e. The Kier molecular flexibility index (Phi) is 6.07. The fourth-order valence-electron chi connectivity index (χ4n) is 3.42. The Hall–Kier alpha value is -1.06. The Morgan fingerprint density at radius 3 is 2.62 bits per heavy atom. The van der Waals surface area contributed by atoms with Crippen LogP contribution in [0.3, 0.4) is 0 Å². The van der Waals surface area contributed by atoms with E-state index in [-0.39, 0.29) is 6.04 Å². The minimum atomic E-state index is 0.281. The number of hydrogen-bond donors (Lipinski definition) is 1. The van der Waals surface area contributed by atoms with E-state index >= 15 is 0 Å². The van der Waals surface area contributed by atoms with E-state index in [4.69, 9.17) is 10.5 Å². The van der Waals surface area contributed by atoms with E-state index < -0.39 is 0 Å². The first-order chi connectivity index (χ1) is 10.2. The molecule has 0 aromatic heterocycles. The van der Waals surface area contributed by atoms with Gasteiger partial charge in [-0.25, -0.2) is 0 Å². The van der Waals surface area contributed by atoms with Crippen molar-refractivity contribution in [2.45, 2.75) is 51.6 Å². The summed E-state index contributed by atoms with van der Waals surface area (Å²) in [4.78, 5) is 2.48. The summed E-state index contributed by atoms with van der Waals surface area (Å²) in [5.41, 5.74) is 7.35. The summed E-state index contributed by atoms with van der Waals surface area (Å²) < 4.78 is 5.62. The summed E-state index contributed by atoms with van der Waals surface area (Å²) >= 11 is 0. The quantitative estimate of drug-likeness (QED) is 0.870. The highest BCUT2D eigenvalue weighted by atomic mass is 16.5. The first-order valence-corrected chi connectivity index (χ1v) is 8.30. The Morgan fingerprint density at radius 2 is 2.00 bits per heavy atom. The monoisotopic (exact) mass is 290 g/mol. The summed E-state index contributed by atoms with van der Waals surface area (Å²) in [6.45, 7) is 5.73. The summed E-state index contributed by atoms with van der Waals surface area (Å²) in [5, 5.41) is 0. The predicted octanol–water partition coefficient (Wildman–Crippen LogP) is 3.60. The molecule has 0 saturated heterocycles. The van der Waals surface area contributed by atoms with E-state index in [0.29, 0.717) is 19.2 Å². The maximum absolute atomic E-state index is 6.08. The van der Waals surface area contributed by atoms with Gasteiger partial charge in [0.15, 0.2) is 0 Å². The third kappa shape index (κ3) is 4.21. The molecule has 2 N–H and O–H groups in total. The lowest BCUT2D eigenvalue weighted by atomic mass is 9.86. The second kappa shape index (κ2) is 7.81. The molecule has 0 spiro atoms. The highest BCUT2D eigenvalue weighted by Crippen LogP contribution is 2.31. The zero-order chi connectivity index (χ0) is 15.2. The molecular weight excluding hydrogens is 260 g/mol. The van der Waals surface area contributed by atoms with E-state index in [0.717, 1.165) is 11.7 Å². The first kappa shape index (κ1) is 16.3. The van der Waals surface area contributed by atoms with Crippen molar-refractivity contribution >= 4 is 0 Å². The van der Waals surface area contributed by atoms with Gasteiger partial charge in [0.2, 0.25) is 0 Å². The van der Waals surface area contributed by atoms with Crippen LogP contribution in [0, 0.1) is 5.92 Å². The van der Waals surface area contributed by atoms with Gasteiger partial charge in [0.05, 0.1) is 6.61 Å². The Morgan fingerprint density at radius 1 is 1.29 bits per heavy atom. The van der Waals surface area contributed by atoms with Crippen molar-refractivity contribution in [1.82, 2.24) is 4.90 Å². The molecule has 0 heterocycles. The van der Waals surface area contributed by atoms with Gasteiger partial charge >= 0.3 is 0 Å². The van der Waals surface area contributed by atoms with Crippen molar-refractivity contribution in [1.29, 1.82) is 0 Å². The molecule has 1 saturated carbocycles. The SMILES string of the molecule is CCOc1cccc(C(CN)N(C)C2CCC(C)CC2)c1. The largest absolute Gasteiger partial charge is 0.494 e.